The second kappa shape index (κ2) is 4.95. The number of carboxylic acids is 1. The molecule has 0 aliphatic rings. The maximum Gasteiger partial charge on any atom is 0.371 e. The van der Waals surface area contributed by atoms with Crippen LogP contribution in [0.3, 0.4) is 0 Å². The molecule has 0 aromatic carbocycles. The quantitative estimate of drug-likeness (QED) is 0.571. The van der Waals surface area contributed by atoms with Crippen LogP contribution < -0.4 is 4.72 Å². The van der Waals surface area contributed by atoms with Crippen molar-refractivity contribution >= 4 is 16.0 Å². The average molecular weight is 245 g/mol. The van der Waals surface area contributed by atoms with Gasteiger partial charge in [-0.25, -0.2) is 17.9 Å². The van der Waals surface area contributed by atoms with Gasteiger partial charge in [0, 0.05) is 6.54 Å². The number of carbonyl (C=O) groups is 1. The van der Waals surface area contributed by atoms with E-state index in [1.807, 2.05) is 0 Å². The smallest absolute Gasteiger partial charge is 0.371 e. The predicted molar refractivity (Wildman–Crippen MR) is 55.7 cm³/mol. The minimum absolute atomic E-state index is 0.189. The molecule has 0 aliphatic heterocycles. The van der Waals surface area contributed by atoms with E-state index in [2.05, 4.69) is 15.7 Å². The summed E-state index contributed by atoms with van der Waals surface area (Å²) in [5, 5.41) is 8.15. The van der Waals surface area contributed by atoms with E-state index in [4.69, 9.17) is 5.11 Å². The van der Waals surface area contributed by atoms with Crippen molar-refractivity contribution in [2.75, 3.05) is 6.54 Å². The van der Waals surface area contributed by atoms with E-state index < -0.39 is 26.8 Å². The van der Waals surface area contributed by atoms with Crippen molar-refractivity contribution in [3.8, 4) is 0 Å². The van der Waals surface area contributed by atoms with Crippen LogP contribution in [0.2, 0.25) is 0 Å². The lowest BCUT2D eigenvalue weighted by Crippen LogP contribution is -2.24. The highest BCUT2D eigenvalue weighted by Gasteiger charge is 2.19. The van der Waals surface area contributed by atoms with Gasteiger partial charge in [-0.15, -0.1) is 6.58 Å². The first-order valence-corrected chi connectivity index (χ1v) is 5.89. The molecule has 0 unspecified atom stereocenters. The van der Waals surface area contributed by atoms with Crippen molar-refractivity contribution in [1.29, 1.82) is 0 Å². The second-order valence-electron chi connectivity index (χ2n) is 2.90. The summed E-state index contributed by atoms with van der Waals surface area (Å²) in [6.07, 6.45) is 2.04. The third-order valence-corrected chi connectivity index (χ3v) is 3.03. The summed E-state index contributed by atoms with van der Waals surface area (Å²) in [6.45, 7) is 3.63. The minimum atomic E-state index is -3.77. The highest BCUT2D eigenvalue weighted by Crippen LogP contribution is 2.13. The van der Waals surface area contributed by atoms with Crippen molar-refractivity contribution in [1.82, 2.24) is 4.72 Å². The molecule has 0 saturated carbocycles. The predicted octanol–water partition coefficient (Wildman–Crippen LogP) is 0.832. The molecule has 0 spiro atoms. The van der Waals surface area contributed by atoms with Gasteiger partial charge in [0.15, 0.2) is 0 Å². The van der Waals surface area contributed by atoms with E-state index in [-0.39, 0.29) is 6.54 Å². The van der Waals surface area contributed by atoms with Crippen LogP contribution in [-0.2, 0) is 10.0 Å². The first-order chi connectivity index (χ1) is 7.47. The van der Waals surface area contributed by atoms with E-state index in [0.717, 1.165) is 12.1 Å². The highest BCUT2D eigenvalue weighted by molar-refractivity contribution is 7.89. The van der Waals surface area contributed by atoms with E-state index in [9.17, 15) is 13.2 Å². The normalized spacial score (nSPS) is 11.2. The van der Waals surface area contributed by atoms with Crippen molar-refractivity contribution in [3.63, 3.8) is 0 Å². The van der Waals surface area contributed by atoms with Gasteiger partial charge < -0.3 is 9.52 Å². The van der Waals surface area contributed by atoms with Crippen LogP contribution in [0.5, 0.6) is 0 Å². The first kappa shape index (κ1) is 12.5. The van der Waals surface area contributed by atoms with Crippen molar-refractivity contribution < 1.29 is 22.7 Å². The summed E-state index contributed by atoms with van der Waals surface area (Å²) in [5.41, 5.74) is 0. The Balaban J connectivity index is 2.81. The van der Waals surface area contributed by atoms with Crippen LogP contribution in [0.1, 0.15) is 17.0 Å². The number of furan rings is 1. The van der Waals surface area contributed by atoms with Crippen LogP contribution in [0.25, 0.3) is 0 Å². The van der Waals surface area contributed by atoms with Crippen LogP contribution >= 0.6 is 0 Å². The van der Waals surface area contributed by atoms with Crippen LogP contribution in [0.15, 0.2) is 34.3 Å². The molecule has 0 amide bonds. The molecular weight excluding hydrogens is 234 g/mol. The molecule has 0 radical (unpaired) electrons. The largest absolute Gasteiger partial charge is 0.475 e. The van der Waals surface area contributed by atoms with Gasteiger partial charge in [-0.2, -0.15) is 0 Å². The lowest BCUT2D eigenvalue weighted by atomic mass is 10.4. The Hall–Kier alpha value is -1.60. The topological polar surface area (TPSA) is 96.6 Å². The molecule has 0 fully saturated rings. The summed E-state index contributed by atoms with van der Waals surface area (Å²) in [6, 6.07) is 2.18. The number of aromatic carboxylic acids is 1. The Labute approximate surface area is 92.6 Å². The molecule has 1 heterocycles. The molecular formula is C9H11NO5S. The van der Waals surface area contributed by atoms with Crippen LogP contribution in [-0.4, -0.2) is 26.0 Å². The maximum absolute atomic E-state index is 11.5. The van der Waals surface area contributed by atoms with Gasteiger partial charge in [0.25, 0.3) is 10.0 Å². The fourth-order valence-electron chi connectivity index (χ4n) is 0.946. The Kier molecular flexibility index (Phi) is 3.86. The lowest BCUT2D eigenvalue weighted by Gasteiger charge is -2.01. The number of rotatable bonds is 6. The van der Waals surface area contributed by atoms with Gasteiger partial charge in [-0.3, -0.25) is 0 Å². The molecule has 1 rings (SSSR count). The van der Waals surface area contributed by atoms with E-state index in [1.165, 1.54) is 0 Å². The summed E-state index contributed by atoms with van der Waals surface area (Å²) < 4.78 is 29.9. The molecule has 1 aromatic rings. The average Bonchev–Trinajstić information content (AvgIpc) is 2.67. The van der Waals surface area contributed by atoms with E-state index in [0.29, 0.717) is 6.42 Å². The zero-order valence-corrected chi connectivity index (χ0v) is 9.16. The number of hydrogen-bond donors (Lipinski definition) is 2. The van der Waals surface area contributed by atoms with Gasteiger partial charge in [0.05, 0.1) is 0 Å². The van der Waals surface area contributed by atoms with Crippen molar-refractivity contribution in [3.05, 3.63) is 30.5 Å². The molecule has 0 atom stereocenters. The third kappa shape index (κ3) is 2.94. The second-order valence-corrected chi connectivity index (χ2v) is 4.60. The maximum atomic E-state index is 11.5. The highest BCUT2D eigenvalue weighted by atomic mass is 32.2. The standard InChI is InChI=1S/C9H11NO5S/c1-2-3-6-10-16(13,14)8-5-4-7(15-8)9(11)12/h2,4-5,10H,1,3,6H2,(H,11,12). The van der Waals surface area contributed by atoms with Crippen LogP contribution in [0.4, 0.5) is 0 Å². The first-order valence-electron chi connectivity index (χ1n) is 4.41. The molecule has 1 aromatic heterocycles. The number of hydrogen-bond acceptors (Lipinski definition) is 4. The molecule has 7 heteroatoms. The van der Waals surface area contributed by atoms with E-state index in [1.54, 1.807) is 6.08 Å². The molecule has 16 heavy (non-hydrogen) atoms. The Morgan fingerprint density at radius 3 is 2.75 bits per heavy atom. The molecule has 2 N–H and O–H groups in total. The Bertz CT molecular complexity index is 488. The SMILES string of the molecule is C=CCCNS(=O)(=O)c1ccc(C(=O)O)o1. The lowest BCUT2D eigenvalue weighted by molar-refractivity contribution is 0.0656. The Morgan fingerprint density at radius 1 is 1.56 bits per heavy atom. The van der Waals surface area contributed by atoms with Crippen molar-refractivity contribution in [2.45, 2.75) is 11.5 Å². The molecule has 0 bridgehead atoms. The van der Waals surface area contributed by atoms with Crippen LogP contribution in [0, 0.1) is 0 Å². The zero-order chi connectivity index (χ0) is 12.2. The van der Waals surface area contributed by atoms with Crippen molar-refractivity contribution in [2.24, 2.45) is 0 Å². The fraction of sp³-hybridized carbons (Fsp3) is 0.222. The molecule has 0 saturated heterocycles. The number of nitrogens with one attached hydrogen (secondary N) is 1. The van der Waals surface area contributed by atoms with Gasteiger partial charge in [0.1, 0.15) is 0 Å². The fourth-order valence-corrected chi connectivity index (χ4v) is 1.92. The summed E-state index contributed by atoms with van der Waals surface area (Å²) >= 11 is 0. The molecule has 6 nitrogen and oxygen atoms in total. The number of sulfonamides is 1. The molecule has 88 valence electrons. The minimum Gasteiger partial charge on any atom is -0.475 e. The summed E-state index contributed by atoms with van der Waals surface area (Å²) in [4.78, 5) is 10.5. The zero-order valence-electron chi connectivity index (χ0n) is 8.34. The summed E-state index contributed by atoms with van der Waals surface area (Å²) in [5.74, 6) is -1.73. The van der Waals surface area contributed by atoms with Gasteiger partial charge in [-0.1, -0.05) is 6.08 Å². The monoisotopic (exact) mass is 245 g/mol. The van der Waals surface area contributed by atoms with E-state index >= 15 is 0 Å². The molecule has 0 aliphatic carbocycles. The Morgan fingerprint density at radius 2 is 2.25 bits per heavy atom. The summed E-state index contributed by atoms with van der Waals surface area (Å²) in [7, 11) is -3.77. The van der Waals surface area contributed by atoms with Gasteiger partial charge in [-0.05, 0) is 18.6 Å². The third-order valence-electron chi connectivity index (χ3n) is 1.70. The van der Waals surface area contributed by atoms with Gasteiger partial charge >= 0.3 is 5.97 Å². The number of carboxylic acid groups (broad SMARTS) is 1. The van der Waals surface area contributed by atoms with Gasteiger partial charge in [0.2, 0.25) is 10.9 Å².